The van der Waals surface area contributed by atoms with Gasteiger partial charge >= 0.3 is 0 Å². The van der Waals surface area contributed by atoms with Crippen molar-refractivity contribution in [2.45, 2.75) is 19.6 Å². The van der Waals surface area contributed by atoms with Crippen molar-refractivity contribution in [3.8, 4) is 5.13 Å². The zero-order chi connectivity index (χ0) is 22.5. The third kappa shape index (κ3) is 5.47. The Morgan fingerprint density at radius 3 is 2.33 bits per heavy atom. The highest BCUT2D eigenvalue weighted by Gasteiger charge is 2.21. The summed E-state index contributed by atoms with van der Waals surface area (Å²) in [5, 5.41) is 14.2. The average Bonchev–Trinajstić information content (AvgIpc) is 3.51. The first-order valence-corrected chi connectivity index (χ1v) is 12.0. The Bertz CT molecular complexity index is 1150. The van der Waals surface area contributed by atoms with Crippen molar-refractivity contribution in [3.05, 3.63) is 95.6 Å². The lowest BCUT2D eigenvalue weighted by molar-refractivity contribution is 0.249. The van der Waals surface area contributed by atoms with Gasteiger partial charge in [-0.15, -0.1) is 10.2 Å². The van der Waals surface area contributed by atoms with Crippen molar-refractivity contribution in [1.82, 2.24) is 25.0 Å². The standard InChI is InChI=1S/C25H27FN6S/c26-22-10-8-20(9-11-22)17-27-18-23-7-4-12-32(23)25-29-28-24(33-25)31-15-13-30(14-16-31)19-21-5-2-1-3-6-21/h1-12,27H,13-19H2. The predicted octanol–water partition coefficient (Wildman–Crippen LogP) is 4.08. The first kappa shape index (κ1) is 21.8. The van der Waals surface area contributed by atoms with Crippen LogP contribution in [-0.4, -0.2) is 45.8 Å². The number of benzene rings is 2. The molecule has 5 rings (SSSR count). The third-order valence-corrected chi connectivity index (χ3v) is 6.87. The Balaban J connectivity index is 1.16. The molecular weight excluding hydrogens is 435 g/mol. The molecule has 3 heterocycles. The summed E-state index contributed by atoms with van der Waals surface area (Å²) in [4.78, 5) is 4.82. The van der Waals surface area contributed by atoms with Crippen molar-refractivity contribution in [2.75, 3.05) is 31.1 Å². The summed E-state index contributed by atoms with van der Waals surface area (Å²) in [6.07, 6.45) is 2.02. The van der Waals surface area contributed by atoms with Crippen LogP contribution in [0.3, 0.4) is 0 Å². The van der Waals surface area contributed by atoms with E-state index in [-0.39, 0.29) is 5.82 Å². The molecule has 0 radical (unpaired) electrons. The Hall–Kier alpha value is -3.07. The van der Waals surface area contributed by atoms with E-state index in [1.54, 1.807) is 23.5 Å². The van der Waals surface area contributed by atoms with Crippen LogP contribution in [0.5, 0.6) is 0 Å². The highest BCUT2D eigenvalue weighted by molar-refractivity contribution is 7.17. The van der Waals surface area contributed by atoms with Crippen molar-refractivity contribution in [2.24, 2.45) is 0 Å². The number of anilines is 1. The molecule has 4 aromatic rings. The zero-order valence-corrected chi connectivity index (χ0v) is 19.2. The van der Waals surface area contributed by atoms with Crippen LogP contribution >= 0.6 is 11.3 Å². The summed E-state index contributed by atoms with van der Waals surface area (Å²) in [7, 11) is 0. The maximum Gasteiger partial charge on any atom is 0.218 e. The molecule has 8 heteroatoms. The highest BCUT2D eigenvalue weighted by Crippen LogP contribution is 2.25. The summed E-state index contributed by atoms with van der Waals surface area (Å²) in [5.74, 6) is -0.211. The Kier molecular flexibility index (Phi) is 6.76. The molecule has 0 atom stereocenters. The number of halogens is 1. The third-order valence-electron chi connectivity index (χ3n) is 5.88. The fourth-order valence-electron chi connectivity index (χ4n) is 4.06. The second kappa shape index (κ2) is 10.2. The minimum atomic E-state index is -0.211. The molecule has 1 saturated heterocycles. The Morgan fingerprint density at radius 2 is 1.55 bits per heavy atom. The molecule has 0 unspecified atom stereocenters. The van der Waals surface area contributed by atoms with Crippen LogP contribution in [0.2, 0.25) is 0 Å². The van der Waals surface area contributed by atoms with Crippen LogP contribution in [0.4, 0.5) is 9.52 Å². The summed E-state index contributed by atoms with van der Waals surface area (Å²) >= 11 is 1.63. The van der Waals surface area contributed by atoms with Gasteiger partial charge in [-0.3, -0.25) is 9.47 Å². The molecule has 0 saturated carbocycles. The molecule has 1 N–H and O–H groups in total. The highest BCUT2D eigenvalue weighted by atomic mass is 32.1. The molecule has 1 aliphatic rings. The van der Waals surface area contributed by atoms with E-state index in [0.29, 0.717) is 13.1 Å². The van der Waals surface area contributed by atoms with Crippen molar-refractivity contribution in [1.29, 1.82) is 0 Å². The molecule has 33 heavy (non-hydrogen) atoms. The fraction of sp³-hybridized carbons (Fsp3) is 0.280. The van der Waals surface area contributed by atoms with Gasteiger partial charge in [-0.25, -0.2) is 4.39 Å². The number of rotatable bonds is 8. The summed E-state index contributed by atoms with van der Waals surface area (Å²) in [6, 6.07) is 21.3. The normalized spacial score (nSPS) is 14.6. The molecule has 1 fully saturated rings. The predicted molar refractivity (Wildman–Crippen MR) is 130 cm³/mol. The van der Waals surface area contributed by atoms with Gasteiger partial charge in [0.2, 0.25) is 10.3 Å². The second-order valence-corrected chi connectivity index (χ2v) is 9.15. The largest absolute Gasteiger partial charge is 0.344 e. The van der Waals surface area contributed by atoms with Gasteiger partial charge in [0.25, 0.3) is 0 Å². The van der Waals surface area contributed by atoms with Gasteiger partial charge in [-0.05, 0) is 35.4 Å². The molecule has 0 bridgehead atoms. The monoisotopic (exact) mass is 462 g/mol. The number of piperazine rings is 1. The lowest BCUT2D eigenvalue weighted by atomic mass is 10.2. The molecule has 2 aromatic heterocycles. The first-order chi connectivity index (χ1) is 16.2. The molecule has 1 aliphatic heterocycles. The number of aromatic nitrogens is 3. The Morgan fingerprint density at radius 1 is 0.788 bits per heavy atom. The minimum Gasteiger partial charge on any atom is -0.344 e. The number of nitrogens with zero attached hydrogens (tertiary/aromatic N) is 5. The summed E-state index contributed by atoms with van der Waals surface area (Å²) in [6.45, 7) is 6.32. The Labute approximate surface area is 197 Å². The maximum absolute atomic E-state index is 13.1. The van der Waals surface area contributed by atoms with E-state index in [9.17, 15) is 4.39 Å². The lowest BCUT2D eigenvalue weighted by Crippen LogP contribution is -2.45. The van der Waals surface area contributed by atoms with Crippen molar-refractivity contribution >= 4 is 16.5 Å². The molecular formula is C25H27FN6S. The van der Waals surface area contributed by atoms with Crippen LogP contribution in [0, 0.1) is 5.82 Å². The maximum atomic E-state index is 13.1. The van der Waals surface area contributed by atoms with E-state index < -0.39 is 0 Å². The van der Waals surface area contributed by atoms with E-state index in [4.69, 9.17) is 0 Å². The van der Waals surface area contributed by atoms with Gasteiger partial charge in [-0.1, -0.05) is 53.8 Å². The fourth-order valence-corrected chi connectivity index (χ4v) is 4.97. The van der Waals surface area contributed by atoms with Crippen molar-refractivity contribution < 1.29 is 4.39 Å². The van der Waals surface area contributed by atoms with E-state index in [1.165, 1.54) is 17.7 Å². The van der Waals surface area contributed by atoms with Gasteiger partial charge < -0.3 is 10.2 Å². The van der Waals surface area contributed by atoms with E-state index in [2.05, 4.69) is 66.3 Å². The van der Waals surface area contributed by atoms with Gasteiger partial charge in [0.15, 0.2) is 0 Å². The first-order valence-electron chi connectivity index (χ1n) is 11.2. The van der Waals surface area contributed by atoms with E-state index in [0.717, 1.165) is 54.2 Å². The van der Waals surface area contributed by atoms with Gasteiger partial charge in [0.1, 0.15) is 5.82 Å². The van der Waals surface area contributed by atoms with Crippen LogP contribution in [-0.2, 0) is 19.6 Å². The summed E-state index contributed by atoms with van der Waals surface area (Å²) < 4.78 is 15.2. The molecule has 2 aromatic carbocycles. The van der Waals surface area contributed by atoms with Crippen molar-refractivity contribution in [3.63, 3.8) is 0 Å². The molecule has 0 aliphatic carbocycles. The van der Waals surface area contributed by atoms with Crippen LogP contribution in [0.15, 0.2) is 72.9 Å². The van der Waals surface area contributed by atoms with Gasteiger partial charge in [0.05, 0.1) is 0 Å². The minimum absolute atomic E-state index is 0.211. The molecule has 0 spiro atoms. The zero-order valence-electron chi connectivity index (χ0n) is 18.4. The molecule has 0 amide bonds. The molecule has 170 valence electrons. The number of hydrogen-bond donors (Lipinski definition) is 1. The van der Waals surface area contributed by atoms with Gasteiger partial charge in [-0.2, -0.15) is 0 Å². The quantitative estimate of drug-likeness (QED) is 0.428. The number of nitrogens with one attached hydrogen (secondary N) is 1. The van der Waals surface area contributed by atoms with Gasteiger partial charge in [0, 0.05) is 57.7 Å². The SMILES string of the molecule is Fc1ccc(CNCc2cccn2-c2nnc(N3CCN(Cc4ccccc4)CC3)s2)cc1. The lowest BCUT2D eigenvalue weighted by Gasteiger charge is -2.34. The van der Waals surface area contributed by atoms with E-state index >= 15 is 0 Å². The second-order valence-electron chi connectivity index (χ2n) is 8.22. The number of hydrogen-bond acceptors (Lipinski definition) is 6. The smallest absolute Gasteiger partial charge is 0.218 e. The van der Waals surface area contributed by atoms with Crippen LogP contribution in [0.25, 0.3) is 5.13 Å². The van der Waals surface area contributed by atoms with E-state index in [1.807, 2.05) is 12.3 Å². The summed E-state index contributed by atoms with van der Waals surface area (Å²) in [5.41, 5.74) is 3.53. The van der Waals surface area contributed by atoms with Crippen LogP contribution < -0.4 is 10.2 Å². The topological polar surface area (TPSA) is 49.2 Å². The molecule has 6 nitrogen and oxygen atoms in total. The van der Waals surface area contributed by atoms with Crippen LogP contribution in [0.1, 0.15) is 16.8 Å². The average molecular weight is 463 g/mol.